The van der Waals surface area contributed by atoms with Gasteiger partial charge in [-0.1, -0.05) is 30.3 Å². The topological polar surface area (TPSA) is 69.0 Å². The number of amides is 1. The fourth-order valence-electron chi connectivity index (χ4n) is 2.47. The van der Waals surface area contributed by atoms with Crippen LogP contribution in [-0.4, -0.2) is 20.7 Å². The van der Waals surface area contributed by atoms with E-state index in [0.29, 0.717) is 17.3 Å². The van der Waals surface area contributed by atoms with Crippen LogP contribution in [0.25, 0.3) is 0 Å². The molecule has 3 rings (SSSR count). The molecule has 1 amide bonds. The number of pyridine rings is 1. The lowest BCUT2D eigenvalue weighted by atomic mass is 10.1. The maximum Gasteiger partial charge on any atom is 0.258 e. The van der Waals surface area contributed by atoms with Gasteiger partial charge in [-0.15, -0.1) is 0 Å². The Kier molecular flexibility index (Phi) is 4.79. The smallest absolute Gasteiger partial charge is 0.258 e. The zero-order chi connectivity index (χ0) is 17.8. The van der Waals surface area contributed by atoms with Crippen LogP contribution in [0.15, 0.2) is 54.7 Å². The van der Waals surface area contributed by atoms with E-state index in [4.69, 9.17) is 4.74 Å². The summed E-state index contributed by atoms with van der Waals surface area (Å²) >= 11 is 0. The van der Waals surface area contributed by atoms with Crippen molar-refractivity contribution in [2.75, 3.05) is 5.32 Å². The van der Waals surface area contributed by atoms with E-state index in [2.05, 4.69) is 15.4 Å². The monoisotopic (exact) mass is 336 g/mol. The van der Waals surface area contributed by atoms with Gasteiger partial charge in [0, 0.05) is 25.4 Å². The number of rotatable bonds is 5. The summed E-state index contributed by atoms with van der Waals surface area (Å²) < 4.78 is 7.44. The van der Waals surface area contributed by atoms with Crippen molar-refractivity contribution in [2.45, 2.75) is 20.0 Å². The molecule has 0 spiro atoms. The van der Waals surface area contributed by atoms with E-state index in [9.17, 15) is 4.79 Å². The van der Waals surface area contributed by atoms with Gasteiger partial charge in [-0.05, 0) is 25.5 Å². The number of carbonyl (C=O) groups excluding carboxylic acids is 1. The van der Waals surface area contributed by atoms with Gasteiger partial charge in [-0.2, -0.15) is 5.10 Å². The number of anilines is 1. The molecule has 6 nitrogen and oxygen atoms in total. The minimum atomic E-state index is -0.238. The Labute approximate surface area is 146 Å². The van der Waals surface area contributed by atoms with Crippen LogP contribution in [-0.2, 0) is 7.05 Å². The molecule has 0 aliphatic rings. The minimum absolute atomic E-state index is 0.120. The van der Waals surface area contributed by atoms with Crippen LogP contribution in [0.1, 0.15) is 34.6 Å². The number of hydrogen-bond donors (Lipinski definition) is 1. The Hall–Kier alpha value is -3.15. The first kappa shape index (κ1) is 16.7. The fourth-order valence-corrected chi connectivity index (χ4v) is 2.47. The van der Waals surface area contributed by atoms with Crippen molar-refractivity contribution in [1.29, 1.82) is 0 Å². The highest BCUT2D eigenvalue weighted by atomic mass is 16.5. The summed E-state index contributed by atoms with van der Waals surface area (Å²) in [5.74, 6) is 0.878. The number of benzene rings is 1. The third-order valence-corrected chi connectivity index (χ3v) is 3.81. The Bertz CT molecular complexity index is 857. The zero-order valence-corrected chi connectivity index (χ0v) is 14.4. The molecule has 0 aliphatic heterocycles. The average molecular weight is 336 g/mol. The number of carbonyl (C=O) groups is 1. The first-order chi connectivity index (χ1) is 12.0. The molecular weight excluding hydrogens is 316 g/mol. The summed E-state index contributed by atoms with van der Waals surface area (Å²) in [4.78, 5) is 16.5. The average Bonchev–Trinajstić information content (AvgIpc) is 2.93. The molecule has 2 aromatic heterocycles. The first-order valence-corrected chi connectivity index (χ1v) is 8.02. The van der Waals surface area contributed by atoms with Gasteiger partial charge in [0.25, 0.3) is 5.91 Å². The summed E-state index contributed by atoms with van der Waals surface area (Å²) in [6.45, 7) is 3.83. The van der Waals surface area contributed by atoms with Crippen LogP contribution in [0, 0.1) is 6.92 Å². The van der Waals surface area contributed by atoms with Gasteiger partial charge in [0.1, 0.15) is 11.9 Å². The predicted octanol–water partition coefficient (Wildman–Crippen LogP) is 3.52. The van der Waals surface area contributed by atoms with E-state index in [0.717, 1.165) is 11.3 Å². The number of hydrogen-bond acceptors (Lipinski definition) is 4. The molecule has 3 aromatic rings. The van der Waals surface area contributed by atoms with Gasteiger partial charge in [-0.3, -0.25) is 9.48 Å². The molecule has 1 atom stereocenters. The molecule has 0 unspecified atom stereocenters. The third kappa shape index (κ3) is 4.03. The minimum Gasteiger partial charge on any atom is -0.470 e. The Morgan fingerprint density at radius 1 is 1.20 bits per heavy atom. The van der Waals surface area contributed by atoms with Crippen molar-refractivity contribution in [1.82, 2.24) is 14.8 Å². The van der Waals surface area contributed by atoms with Crippen molar-refractivity contribution >= 4 is 11.7 Å². The quantitative estimate of drug-likeness (QED) is 0.774. The lowest BCUT2D eigenvalue weighted by Gasteiger charge is -2.14. The fraction of sp³-hybridized carbons (Fsp3) is 0.211. The number of nitrogens with one attached hydrogen (secondary N) is 1. The van der Waals surface area contributed by atoms with Crippen molar-refractivity contribution in [3.05, 3.63) is 71.5 Å². The van der Waals surface area contributed by atoms with Gasteiger partial charge < -0.3 is 10.1 Å². The van der Waals surface area contributed by atoms with Gasteiger partial charge in [0.15, 0.2) is 0 Å². The largest absolute Gasteiger partial charge is 0.470 e. The number of nitrogens with zero attached hydrogens (tertiary/aromatic N) is 3. The molecule has 0 saturated heterocycles. The van der Waals surface area contributed by atoms with Crippen LogP contribution in [0.4, 0.5) is 5.82 Å². The van der Waals surface area contributed by atoms with Crippen molar-refractivity contribution in [2.24, 2.45) is 7.05 Å². The third-order valence-electron chi connectivity index (χ3n) is 3.81. The lowest BCUT2D eigenvalue weighted by molar-refractivity contribution is 0.102. The maximum absolute atomic E-state index is 12.3. The molecule has 1 aromatic carbocycles. The Balaban J connectivity index is 1.65. The molecule has 0 bridgehead atoms. The normalized spacial score (nSPS) is 11.8. The lowest BCUT2D eigenvalue weighted by Crippen LogP contribution is -2.15. The summed E-state index contributed by atoms with van der Waals surface area (Å²) in [5.41, 5.74) is 2.37. The highest BCUT2D eigenvalue weighted by molar-refractivity contribution is 6.03. The van der Waals surface area contributed by atoms with E-state index < -0.39 is 0 Å². The molecule has 1 N–H and O–H groups in total. The van der Waals surface area contributed by atoms with E-state index >= 15 is 0 Å². The molecule has 2 heterocycles. The highest BCUT2D eigenvalue weighted by Crippen LogP contribution is 2.20. The predicted molar refractivity (Wildman–Crippen MR) is 95.6 cm³/mol. The molecule has 6 heteroatoms. The van der Waals surface area contributed by atoms with Gasteiger partial charge >= 0.3 is 0 Å². The molecular formula is C19H20N4O2. The number of aryl methyl sites for hydroxylation is 2. The summed E-state index contributed by atoms with van der Waals surface area (Å²) in [5, 5.41) is 7.01. The molecule has 0 fully saturated rings. The van der Waals surface area contributed by atoms with Gasteiger partial charge in [-0.25, -0.2) is 4.98 Å². The molecule has 0 radical (unpaired) electrons. The SMILES string of the molecule is Cc1cc(NC(=O)c2ccc(O[C@H](C)c3ccccc3)nc2)n(C)n1. The van der Waals surface area contributed by atoms with Crippen LogP contribution < -0.4 is 10.1 Å². The van der Waals surface area contributed by atoms with E-state index in [1.807, 2.05) is 50.2 Å². The maximum atomic E-state index is 12.3. The summed E-state index contributed by atoms with van der Waals surface area (Å²) in [6, 6.07) is 15.1. The van der Waals surface area contributed by atoms with E-state index in [1.54, 1.807) is 23.9 Å². The highest BCUT2D eigenvalue weighted by Gasteiger charge is 2.12. The van der Waals surface area contributed by atoms with E-state index in [-0.39, 0.29) is 12.0 Å². The van der Waals surface area contributed by atoms with Gasteiger partial charge in [0.2, 0.25) is 5.88 Å². The molecule has 128 valence electrons. The first-order valence-electron chi connectivity index (χ1n) is 8.02. The van der Waals surface area contributed by atoms with Crippen LogP contribution in [0.3, 0.4) is 0 Å². The second-order valence-electron chi connectivity index (χ2n) is 5.80. The van der Waals surface area contributed by atoms with Crippen LogP contribution in [0.2, 0.25) is 0 Å². The zero-order valence-electron chi connectivity index (χ0n) is 14.4. The van der Waals surface area contributed by atoms with E-state index in [1.165, 1.54) is 6.20 Å². The second-order valence-corrected chi connectivity index (χ2v) is 5.80. The standard InChI is InChI=1S/C19H20N4O2/c1-13-11-17(23(3)22-13)21-19(24)16-9-10-18(20-12-16)25-14(2)15-7-5-4-6-8-15/h4-12,14H,1-3H3,(H,21,24)/t14-/m1/s1. The summed E-state index contributed by atoms with van der Waals surface area (Å²) in [6.07, 6.45) is 1.39. The molecule has 0 aliphatic carbocycles. The van der Waals surface area contributed by atoms with Crippen LogP contribution in [0.5, 0.6) is 5.88 Å². The molecule has 25 heavy (non-hydrogen) atoms. The molecule has 0 saturated carbocycles. The number of aromatic nitrogens is 3. The summed E-state index contributed by atoms with van der Waals surface area (Å²) in [7, 11) is 1.78. The van der Waals surface area contributed by atoms with Gasteiger partial charge in [0.05, 0.1) is 11.3 Å². The number of ether oxygens (including phenoxy) is 1. The van der Waals surface area contributed by atoms with Crippen molar-refractivity contribution in [3.63, 3.8) is 0 Å². The Morgan fingerprint density at radius 2 is 1.96 bits per heavy atom. The van der Waals surface area contributed by atoms with Crippen molar-refractivity contribution < 1.29 is 9.53 Å². The van der Waals surface area contributed by atoms with Crippen LogP contribution >= 0.6 is 0 Å². The second kappa shape index (κ2) is 7.17. The van der Waals surface area contributed by atoms with Crippen molar-refractivity contribution in [3.8, 4) is 5.88 Å². The Morgan fingerprint density at radius 3 is 2.56 bits per heavy atom.